The highest BCUT2D eigenvalue weighted by atomic mass is 19.1. The lowest BCUT2D eigenvalue weighted by atomic mass is 10.1. The van der Waals surface area contributed by atoms with Crippen LogP contribution in [0.1, 0.15) is 12.8 Å². The Morgan fingerprint density at radius 1 is 1.58 bits per heavy atom. The molecule has 5 nitrogen and oxygen atoms in total. The molecule has 0 aromatic heterocycles. The number of likely N-dealkylation sites (N-methyl/N-ethyl adjacent to an activating group) is 1. The Balaban J connectivity index is 2.37. The summed E-state index contributed by atoms with van der Waals surface area (Å²) in [5, 5.41) is 2.64. The second kappa shape index (κ2) is 5.34. The van der Waals surface area contributed by atoms with Gasteiger partial charge in [0.15, 0.2) is 11.6 Å². The second-order valence-corrected chi connectivity index (χ2v) is 4.51. The lowest BCUT2D eigenvalue weighted by Gasteiger charge is -2.27. The Morgan fingerprint density at radius 3 is 2.95 bits per heavy atom. The smallest absolute Gasteiger partial charge is 0.242 e. The van der Waals surface area contributed by atoms with Crippen molar-refractivity contribution >= 4 is 17.3 Å². The minimum absolute atomic E-state index is 0.0554. The molecule has 1 heterocycles. The maximum atomic E-state index is 13.5. The number of hydrogen-bond donors (Lipinski definition) is 2. The van der Waals surface area contributed by atoms with E-state index in [4.69, 9.17) is 10.5 Å². The summed E-state index contributed by atoms with van der Waals surface area (Å²) >= 11 is 0. The molecule has 1 unspecified atom stereocenters. The molecule has 0 aliphatic carbocycles. The van der Waals surface area contributed by atoms with Crippen LogP contribution in [-0.4, -0.2) is 32.7 Å². The van der Waals surface area contributed by atoms with Crippen molar-refractivity contribution in [3.05, 3.63) is 17.9 Å². The highest BCUT2D eigenvalue weighted by Crippen LogP contribution is 2.35. The number of nitrogens with zero attached hydrogens (tertiary/aromatic N) is 1. The van der Waals surface area contributed by atoms with Crippen molar-refractivity contribution in [3.63, 3.8) is 0 Å². The van der Waals surface area contributed by atoms with Crippen LogP contribution >= 0.6 is 0 Å². The van der Waals surface area contributed by atoms with Crippen molar-refractivity contribution in [2.24, 2.45) is 0 Å². The maximum absolute atomic E-state index is 13.5. The number of carbonyl (C=O) groups excluding carboxylic acids is 1. The summed E-state index contributed by atoms with van der Waals surface area (Å²) in [4.78, 5) is 13.7. The van der Waals surface area contributed by atoms with Gasteiger partial charge in [0.2, 0.25) is 5.91 Å². The fourth-order valence-electron chi connectivity index (χ4n) is 2.46. The number of nitrogens with one attached hydrogen (secondary N) is 1. The van der Waals surface area contributed by atoms with Gasteiger partial charge < -0.3 is 20.7 Å². The molecule has 0 bridgehead atoms. The molecule has 104 valence electrons. The third-order valence-electron chi connectivity index (χ3n) is 3.41. The zero-order chi connectivity index (χ0) is 14.0. The number of ether oxygens (including phenoxy) is 1. The van der Waals surface area contributed by atoms with Gasteiger partial charge in [-0.25, -0.2) is 4.39 Å². The van der Waals surface area contributed by atoms with E-state index in [1.165, 1.54) is 13.2 Å². The highest BCUT2D eigenvalue weighted by Gasteiger charge is 2.31. The highest BCUT2D eigenvalue weighted by molar-refractivity contribution is 5.87. The Bertz CT molecular complexity index is 493. The quantitative estimate of drug-likeness (QED) is 0.806. The summed E-state index contributed by atoms with van der Waals surface area (Å²) in [5.41, 5.74) is 6.82. The summed E-state index contributed by atoms with van der Waals surface area (Å²) in [6.07, 6.45) is 1.66. The number of carbonyl (C=O) groups is 1. The summed E-state index contributed by atoms with van der Waals surface area (Å²) in [6, 6.07) is 2.52. The molecule has 2 rings (SSSR count). The molecule has 1 fully saturated rings. The number of halogens is 1. The third-order valence-corrected chi connectivity index (χ3v) is 3.41. The lowest BCUT2D eigenvalue weighted by Crippen LogP contribution is -2.42. The van der Waals surface area contributed by atoms with E-state index in [9.17, 15) is 9.18 Å². The van der Waals surface area contributed by atoms with E-state index in [-0.39, 0.29) is 17.7 Å². The average molecular weight is 267 g/mol. The monoisotopic (exact) mass is 267 g/mol. The molecule has 0 radical (unpaired) electrons. The number of nitrogen functional groups attached to an aromatic ring is 1. The molecule has 19 heavy (non-hydrogen) atoms. The van der Waals surface area contributed by atoms with E-state index >= 15 is 0 Å². The first kappa shape index (κ1) is 13.5. The van der Waals surface area contributed by atoms with E-state index in [0.717, 1.165) is 19.4 Å². The Labute approximate surface area is 111 Å². The van der Waals surface area contributed by atoms with Crippen LogP contribution in [0, 0.1) is 5.82 Å². The van der Waals surface area contributed by atoms with Crippen molar-refractivity contribution in [3.8, 4) is 5.75 Å². The first-order chi connectivity index (χ1) is 9.08. The molecule has 0 spiro atoms. The molecular weight excluding hydrogens is 249 g/mol. The molecule has 1 atom stereocenters. The zero-order valence-corrected chi connectivity index (χ0v) is 11.1. The average Bonchev–Trinajstić information content (AvgIpc) is 2.87. The van der Waals surface area contributed by atoms with Crippen LogP contribution in [0.5, 0.6) is 5.75 Å². The number of benzene rings is 1. The van der Waals surface area contributed by atoms with Crippen molar-refractivity contribution in [2.75, 3.05) is 31.3 Å². The second-order valence-electron chi connectivity index (χ2n) is 4.51. The van der Waals surface area contributed by atoms with E-state index in [0.29, 0.717) is 11.4 Å². The maximum Gasteiger partial charge on any atom is 0.242 e. The van der Waals surface area contributed by atoms with Crippen LogP contribution in [0.15, 0.2) is 12.1 Å². The van der Waals surface area contributed by atoms with Gasteiger partial charge in [0, 0.05) is 25.7 Å². The number of amides is 1. The lowest BCUT2D eigenvalue weighted by molar-refractivity contribution is -0.121. The van der Waals surface area contributed by atoms with Crippen LogP contribution in [0.25, 0.3) is 0 Å². The van der Waals surface area contributed by atoms with Crippen molar-refractivity contribution in [1.29, 1.82) is 0 Å². The predicted molar refractivity (Wildman–Crippen MR) is 71.8 cm³/mol. The summed E-state index contributed by atoms with van der Waals surface area (Å²) in [7, 11) is 3.01. The molecule has 1 aliphatic rings. The fourth-order valence-corrected chi connectivity index (χ4v) is 2.46. The Kier molecular flexibility index (Phi) is 3.78. The van der Waals surface area contributed by atoms with Gasteiger partial charge in [0.25, 0.3) is 0 Å². The van der Waals surface area contributed by atoms with Gasteiger partial charge in [-0.1, -0.05) is 0 Å². The van der Waals surface area contributed by atoms with E-state index in [2.05, 4.69) is 5.32 Å². The standard InChI is InChI=1S/C13H18FN3O2/c1-16-13(18)10-4-3-5-17(10)11-7-12(19-2)8(14)6-9(11)15/h6-7,10H,3-5,15H2,1-2H3,(H,16,18). The zero-order valence-electron chi connectivity index (χ0n) is 11.1. The van der Waals surface area contributed by atoms with Gasteiger partial charge in [-0.2, -0.15) is 0 Å². The normalized spacial score (nSPS) is 18.5. The first-order valence-corrected chi connectivity index (χ1v) is 6.19. The summed E-state index contributed by atoms with van der Waals surface area (Å²) in [5.74, 6) is -0.425. The predicted octanol–water partition coefficient (Wildman–Crippen LogP) is 1.13. The first-order valence-electron chi connectivity index (χ1n) is 6.19. The van der Waals surface area contributed by atoms with Crippen LogP contribution < -0.4 is 20.7 Å². The molecule has 1 saturated heterocycles. The van der Waals surface area contributed by atoms with Gasteiger partial charge in [0.05, 0.1) is 18.5 Å². The van der Waals surface area contributed by atoms with Crippen molar-refractivity contribution in [2.45, 2.75) is 18.9 Å². The molecule has 1 aromatic rings. The van der Waals surface area contributed by atoms with Crippen molar-refractivity contribution in [1.82, 2.24) is 5.32 Å². The summed E-state index contributed by atoms with van der Waals surface area (Å²) < 4.78 is 18.5. The van der Waals surface area contributed by atoms with E-state index in [1.54, 1.807) is 13.1 Å². The van der Waals surface area contributed by atoms with Crippen molar-refractivity contribution < 1.29 is 13.9 Å². The third kappa shape index (κ3) is 2.43. The van der Waals surface area contributed by atoms with Gasteiger partial charge in [0.1, 0.15) is 6.04 Å². The molecule has 1 aliphatic heterocycles. The largest absolute Gasteiger partial charge is 0.494 e. The van der Waals surface area contributed by atoms with E-state index in [1.807, 2.05) is 4.90 Å². The Morgan fingerprint density at radius 2 is 2.32 bits per heavy atom. The van der Waals surface area contributed by atoms with Gasteiger partial charge in [-0.3, -0.25) is 4.79 Å². The molecule has 1 amide bonds. The van der Waals surface area contributed by atoms with Crippen LogP contribution in [0.2, 0.25) is 0 Å². The molecule has 1 aromatic carbocycles. The van der Waals surface area contributed by atoms with Gasteiger partial charge >= 0.3 is 0 Å². The van der Waals surface area contributed by atoms with E-state index < -0.39 is 5.82 Å². The van der Waals surface area contributed by atoms with Crippen LogP contribution in [-0.2, 0) is 4.79 Å². The summed E-state index contributed by atoms with van der Waals surface area (Å²) in [6.45, 7) is 0.719. The number of hydrogen-bond acceptors (Lipinski definition) is 4. The minimum atomic E-state index is -0.501. The van der Waals surface area contributed by atoms with Gasteiger partial charge in [-0.15, -0.1) is 0 Å². The molecule has 3 N–H and O–H groups in total. The minimum Gasteiger partial charge on any atom is -0.494 e. The van der Waals surface area contributed by atoms with Gasteiger partial charge in [-0.05, 0) is 12.8 Å². The Hall–Kier alpha value is -1.98. The van der Waals surface area contributed by atoms with Crippen LogP contribution in [0.4, 0.5) is 15.8 Å². The number of anilines is 2. The molecule has 0 saturated carbocycles. The number of rotatable bonds is 3. The number of nitrogens with two attached hydrogens (primary N) is 1. The molecular formula is C13H18FN3O2. The SMILES string of the molecule is CNC(=O)C1CCCN1c1cc(OC)c(F)cc1N. The topological polar surface area (TPSA) is 67.6 Å². The fraction of sp³-hybridized carbons (Fsp3) is 0.462. The number of methoxy groups -OCH3 is 1. The molecule has 6 heteroatoms. The van der Waals surface area contributed by atoms with Crippen LogP contribution in [0.3, 0.4) is 0 Å².